The highest BCUT2D eigenvalue weighted by molar-refractivity contribution is 5.53. The number of para-hydroxylation sites is 1. The number of nitrogens with zero attached hydrogens (tertiary/aromatic N) is 1. The number of anilines is 1. The molecule has 0 radical (unpaired) electrons. The number of benzene rings is 1. The summed E-state index contributed by atoms with van der Waals surface area (Å²) in [7, 11) is 0. The van der Waals surface area contributed by atoms with Crippen LogP contribution in [-0.4, -0.2) is 31.3 Å². The van der Waals surface area contributed by atoms with Gasteiger partial charge in [-0.25, -0.2) is 0 Å². The van der Waals surface area contributed by atoms with Gasteiger partial charge in [-0.1, -0.05) is 25.1 Å². The molecule has 1 aliphatic heterocycles. The second-order valence-corrected chi connectivity index (χ2v) is 5.42. The van der Waals surface area contributed by atoms with E-state index in [-0.39, 0.29) is 0 Å². The summed E-state index contributed by atoms with van der Waals surface area (Å²) in [5.41, 5.74) is 2.75. The van der Waals surface area contributed by atoms with Crippen molar-refractivity contribution in [2.75, 3.05) is 31.1 Å². The Kier molecular flexibility index (Phi) is 5.67. The van der Waals surface area contributed by atoms with E-state index >= 15 is 0 Å². The Bertz CT molecular complexity index is 373. The highest BCUT2D eigenvalue weighted by Gasteiger charge is 2.19. The summed E-state index contributed by atoms with van der Waals surface area (Å²) in [6, 6.07) is 8.68. The van der Waals surface area contributed by atoms with Crippen molar-refractivity contribution >= 4 is 5.69 Å². The third kappa shape index (κ3) is 3.95. The molecule has 1 aliphatic rings. The second-order valence-electron chi connectivity index (χ2n) is 5.42. The molecule has 1 aromatic carbocycles. The number of piperidine rings is 1. The molecule has 0 saturated carbocycles. The van der Waals surface area contributed by atoms with E-state index in [4.69, 9.17) is 0 Å². The second kappa shape index (κ2) is 7.51. The van der Waals surface area contributed by atoms with Crippen LogP contribution in [-0.2, 0) is 6.54 Å². The number of hydrogen-bond acceptors (Lipinski definition) is 3. The molecule has 0 bridgehead atoms. The van der Waals surface area contributed by atoms with Crippen molar-refractivity contribution in [3.8, 4) is 0 Å². The highest BCUT2D eigenvalue weighted by atomic mass is 16.3. The van der Waals surface area contributed by atoms with Gasteiger partial charge in [0.1, 0.15) is 0 Å². The van der Waals surface area contributed by atoms with Crippen LogP contribution in [0.3, 0.4) is 0 Å². The molecule has 19 heavy (non-hydrogen) atoms. The minimum atomic E-state index is 0.341. The van der Waals surface area contributed by atoms with E-state index in [0.717, 1.165) is 39.0 Å². The number of rotatable bonds is 6. The maximum atomic E-state index is 9.22. The molecule has 0 amide bonds. The maximum Gasteiger partial charge on any atom is 0.0460 e. The molecule has 2 rings (SSSR count). The summed E-state index contributed by atoms with van der Waals surface area (Å²) in [6.45, 7) is 6.68. The minimum absolute atomic E-state index is 0.341. The summed E-state index contributed by atoms with van der Waals surface area (Å²) in [6.07, 6.45) is 3.38. The topological polar surface area (TPSA) is 35.5 Å². The lowest BCUT2D eigenvalue weighted by molar-refractivity contribution is 0.203. The van der Waals surface area contributed by atoms with Crippen LogP contribution in [0.5, 0.6) is 0 Å². The van der Waals surface area contributed by atoms with Gasteiger partial charge in [0, 0.05) is 31.9 Å². The van der Waals surface area contributed by atoms with Gasteiger partial charge in [-0.2, -0.15) is 0 Å². The lowest BCUT2D eigenvalue weighted by Gasteiger charge is -2.34. The first-order valence-corrected chi connectivity index (χ1v) is 7.49. The van der Waals surface area contributed by atoms with Crippen molar-refractivity contribution in [1.29, 1.82) is 0 Å². The molecule has 1 fully saturated rings. The van der Waals surface area contributed by atoms with E-state index in [1.165, 1.54) is 17.7 Å². The van der Waals surface area contributed by atoms with Crippen LogP contribution in [0.25, 0.3) is 0 Å². The van der Waals surface area contributed by atoms with Crippen LogP contribution >= 0.6 is 0 Å². The van der Waals surface area contributed by atoms with Crippen LogP contribution < -0.4 is 10.2 Å². The normalized spacial score (nSPS) is 16.8. The van der Waals surface area contributed by atoms with Crippen molar-refractivity contribution < 1.29 is 5.11 Å². The summed E-state index contributed by atoms with van der Waals surface area (Å²) in [5.74, 6) is 0.502. The number of nitrogens with one attached hydrogen (secondary N) is 1. The fourth-order valence-electron chi connectivity index (χ4n) is 2.73. The van der Waals surface area contributed by atoms with E-state index in [1.54, 1.807) is 0 Å². The Morgan fingerprint density at radius 1 is 1.26 bits per heavy atom. The van der Waals surface area contributed by atoms with Crippen molar-refractivity contribution in [1.82, 2.24) is 5.32 Å². The van der Waals surface area contributed by atoms with Gasteiger partial charge in [-0.15, -0.1) is 0 Å². The summed E-state index contributed by atoms with van der Waals surface area (Å²) in [5, 5.41) is 12.7. The van der Waals surface area contributed by atoms with Crippen LogP contribution in [0.1, 0.15) is 31.7 Å². The Balaban J connectivity index is 1.99. The van der Waals surface area contributed by atoms with Crippen LogP contribution in [0.4, 0.5) is 5.69 Å². The van der Waals surface area contributed by atoms with Gasteiger partial charge < -0.3 is 15.3 Å². The first-order valence-electron chi connectivity index (χ1n) is 7.49. The minimum Gasteiger partial charge on any atom is -0.396 e. The zero-order valence-corrected chi connectivity index (χ0v) is 11.9. The smallest absolute Gasteiger partial charge is 0.0460 e. The first kappa shape index (κ1) is 14.4. The van der Waals surface area contributed by atoms with Crippen LogP contribution in [0.2, 0.25) is 0 Å². The third-order valence-electron chi connectivity index (χ3n) is 3.95. The molecule has 0 aromatic heterocycles. The molecule has 2 N–H and O–H groups in total. The molecule has 0 atom stereocenters. The summed E-state index contributed by atoms with van der Waals surface area (Å²) >= 11 is 0. The van der Waals surface area contributed by atoms with E-state index in [2.05, 4.69) is 41.4 Å². The molecule has 1 saturated heterocycles. The van der Waals surface area contributed by atoms with Gasteiger partial charge >= 0.3 is 0 Å². The molecule has 1 heterocycles. The number of aliphatic hydroxyl groups excluding tert-OH is 1. The Hall–Kier alpha value is -1.06. The van der Waals surface area contributed by atoms with E-state index < -0.39 is 0 Å². The lowest BCUT2D eigenvalue weighted by atomic mass is 9.97. The summed E-state index contributed by atoms with van der Waals surface area (Å²) < 4.78 is 0. The number of hydrogen-bond donors (Lipinski definition) is 2. The summed E-state index contributed by atoms with van der Waals surface area (Å²) in [4.78, 5) is 2.47. The molecule has 3 nitrogen and oxygen atoms in total. The standard InChI is InChI=1S/C16H26N2O/c1-2-9-17-12-15-5-3-4-6-16(15)18-10-7-14(13-19)8-11-18/h3-6,14,17,19H,2,7-13H2,1H3. The van der Waals surface area contributed by atoms with Crippen molar-refractivity contribution in [3.05, 3.63) is 29.8 Å². The van der Waals surface area contributed by atoms with Gasteiger partial charge in [0.2, 0.25) is 0 Å². The Morgan fingerprint density at radius 2 is 2.00 bits per heavy atom. The van der Waals surface area contributed by atoms with Gasteiger partial charge in [0.25, 0.3) is 0 Å². The average molecular weight is 262 g/mol. The molecule has 0 unspecified atom stereocenters. The van der Waals surface area contributed by atoms with Gasteiger partial charge in [-0.05, 0) is 43.4 Å². The zero-order chi connectivity index (χ0) is 13.5. The Morgan fingerprint density at radius 3 is 2.68 bits per heavy atom. The highest BCUT2D eigenvalue weighted by Crippen LogP contribution is 2.26. The fraction of sp³-hybridized carbons (Fsp3) is 0.625. The van der Waals surface area contributed by atoms with Gasteiger partial charge in [0.15, 0.2) is 0 Å². The SMILES string of the molecule is CCCNCc1ccccc1N1CCC(CO)CC1. The van der Waals surface area contributed by atoms with Crippen molar-refractivity contribution in [2.24, 2.45) is 5.92 Å². The zero-order valence-electron chi connectivity index (χ0n) is 11.9. The third-order valence-corrected chi connectivity index (χ3v) is 3.95. The van der Waals surface area contributed by atoms with Gasteiger partial charge in [0.05, 0.1) is 0 Å². The van der Waals surface area contributed by atoms with Crippen LogP contribution in [0, 0.1) is 5.92 Å². The maximum absolute atomic E-state index is 9.22. The van der Waals surface area contributed by atoms with E-state index in [9.17, 15) is 5.11 Å². The van der Waals surface area contributed by atoms with E-state index in [0.29, 0.717) is 12.5 Å². The lowest BCUT2D eigenvalue weighted by Crippen LogP contribution is -2.35. The molecule has 3 heteroatoms. The fourth-order valence-corrected chi connectivity index (χ4v) is 2.73. The Labute approximate surface area is 116 Å². The predicted molar refractivity (Wildman–Crippen MR) is 80.5 cm³/mol. The van der Waals surface area contributed by atoms with Gasteiger partial charge in [-0.3, -0.25) is 0 Å². The quantitative estimate of drug-likeness (QED) is 0.773. The predicted octanol–water partition coefficient (Wildman–Crippen LogP) is 2.39. The largest absolute Gasteiger partial charge is 0.396 e. The van der Waals surface area contributed by atoms with E-state index in [1.807, 2.05) is 0 Å². The van der Waals surface area contributed by atoms with Crippen LogP contribution in [0.15, 0.2) is 24.3 Å². The number of aliphatic hydroxyl groups is 1. The molecular weight excluding hydrogens is 236 g/mol. The average Bonchev–Trinajstić information content (AvgIpc) is 2.48. The molecule has 1 aromatic rings. The molecule has 0 aliphatic carbocycles. The van der Waals surface area contributed by atoms with Crippen molar-refractivity contribution in [2.45, 2.75) is 32.7 Å². The molecule has 0 spiro atoms. The van der Waals surface area contributed by atoms with Crippen molar-refractivity contribution in [3.63, 3.8) is 0 Å². The molecular formula is C16H26N2O. The monoisotopic (exact) mass is 262 g/mol. The first-order chi connectivity index (χ1) is 9.35. The molecule has 106 valence electrons.